The zero-order valence-electron chi connectivity index (χ0n) is 10.8. The van der Waals surface area contributed by atoms with Gasteiger partial charge in [0, 0.05) is 17.5 Å². The largest absolute Gasteiger partial charge is 0.328 e. The number of carbonyl (C=O) groups is 1. The summed E-state index contributed by atoms with van der Waals surface area (Å²) < 4.78 is 0. The van der Waals surface area contributed by atoms with Crippen molar-refractivity contribution in [2.45, 2.75) is 20.8 Å². The zero-order chi connectivity index (χ0) is 13.3. The van der Waals surface area contributed by atoms with Crippen molar-refractivity contribution < 1.29 is 4.79 Å². The van der Waals surface area contributed by atoms with Crippen LogP contribution >= 0.6 is 0 Å². The van der Waals surface area contributed by atoms with Gasteiger partial charge >= 0.3 is 0 Å². The van der Waals surface area contributed by atoms with Gasteiger partial charge in [-0.2, -0.15) is 5.26 Å². The van der Waals surface area contributed by atoms with Gasteiger partial charge < -0.3 is 5.32 Å². The Balaban J connectivity index is 2.49. The molecule has 1 heterocycles. The number of allylic oxidation sites excluding steroid dienone is 2. The monoisotopic (exact) mass is 240 g/mol. The summed E-state index contributed by atoms with van der Waals surface area (Å²) in [7, 11) is 0. The van der Waals surface area contributed by atoms with E-state index in [-0.39, 0.29) is 17.7 Å². The Morgan fingerprint density at radius 1 is 1.22 bits per heavy atom. The Morgan fingerprint density at radius 2 is 1.83 bits per heavy atom. The van der Waals surface area contributed by atoms with Crippen LogP contribution in [0.3, 0.4) is 0 Å². The van der Waals surface area contributed by atoms with Gasteiger partial charge in [0.05, 0.1) is 5.57 Å². The molecule has 0 bridgehead atoms. The Hall–Kier alpha value is -2.08. The predicted octanol–water partition coefficient (Wildman–Crippen LogP) is 2.63. The molecule has 1 saturated heterocycles. The van der Waals surface area contributed by atoms with E-state index in [1.54, 1.807) is 0 Å². The number of nitrogens with one attached hydrogen (secondary N) is 1. The minimum Gasteiger partial charge on any atom is -0.328 e. The fourth-order valence-electron chi connectivity index (χ4n) is 2.13. The highest BCUT2D eigenvalue weighted by Crippen LogP contribution is 2.31. The van der Waals surface area contributed by atoms with Crippen molar-refractivity contribution in [3.8, 4) is 6.07 Å². The van der Waals surface area contributed by atoms with Crippen molar-refractivity contribution >= 4 is 11.5 Å². The van der Waals surface area contributed by atoms with Gasteiger partial charge in [-0.25, -0.2) is 0 Å². The van der Waals surface area contributed by atoms with Crippen LogP contribution in [0.1, 0.15) is 25.0 Å². The van der Waals surface area contributed by atoms with E-state index < -0.39 is 0 Å². The summed E-state index contributed by atoms with van der Waals surface area (Å²) in [5.41, 5.74) is 3.33. The maximum absolute atomic E-state index is 11.6. The molecule has 2 unspecified atom stereocenters. The first-order valence-electron chi connectivity index (χ1n) is 6.06. The standard InChI is InChI=1S/C15H16N2O/c1-9-4-6-12(7-5-9)13(8-16)14-10(2)11(3)15(18)17-14/h4-7,10-11H,1-3H3,(H,17,18)/b14-13-. The first-order valence-corrected chi connectivity index (χ1v) is 6.06. The van der Waals surface area contributed by atoms with Crippen molar-refractivity contribution in [2.75, 3.05) is 0 Å². The number of carbonyl (C=O) groups excluding carboxylic acids is 1. The molecule has 1 fully saturated rings. The number of aryl methyl sites for hydroxylation is 1. The van der Waals surface area contributed by atoms with Crippen LogP contribution in [-0.2, 0) is 4.79 Å². The third-order valence-corrected chi connectivity index (χ3v) is 3.60. The number of hydrogen-bond acceptors (Lipinski definition) is 2. The van der Waals surface area contributed by atoms with E-state index >= 15 is 0 Å². The van der Waals surface area contributed by atoms with Crippen LogP contribution in [0, 0.1) is 30.1 Å². The second-order valence-corrected chi connectivity index (χ2v) is 4.83. The molecule has 0 spiro atoms. The summed E-state index contributed by atoms with van der Waals surface area (Å²) in [5.74, 6) is -0.0142. The molecule has 2 atom stereocenters. The molecule has 3 heteroatoms. The topological polar surface area (TPSA) is 52.9 Å². The molecule has 0 aliphatic carbocycles. The van der Waals surface area contributed by atoms with Crippen LogP contribution in [0.25, 0.3) is 5.57 Å². The fourth-order valence-corrected chi connectivity index (χ4v) is 2.13. The molecule has 0 saturated carbocycles. The van der Waals surface area contributed by atoms with E-state index in [0.717, 1.165) is 16.8 Å². The molecule has 1 amide bonds. The number of benzene rings is 1. The van der Waals surface area contributed by atoms with Gasteiger partial charge in [-0.05, 0) is 12.5 Å². The Bertz CT molecular complexity index is 549. The number of hydrogen-bond donors (Lipinski definition) is 1. The van der Waals surface area contributed by atoms with E-state index in [1.165, 1.54) is 0 Å². The van der Waals surface area contributed by atoms with Crippen LogP contribution in [0.15, 0.2) is 30.0 Å². The number of rotatable bonds is 1. The predicted molar refractivity (Wildman–Crippen MR) is 70.2 cm³/mol. The van der Waals surface area contributed by atoms with E-state index in [9.17, 15) is 10.1 Å². The first kappa shape index (κ1) is 12.4. The molecule has 0 aromatic heterocycles. The molecule has 3 nitrogen and oxygen atoms in total. The van der Waals surface area contributed by atoms with Crippen LogP contribution < -0.4 is 5.32 Å². The first-order chi connectivity index (χ1) is 8.54. The third kappa shape index (κ3) is 2.02. The van der Waals surface area contributed by atoms with Crippen molar-refractivity contribution in [1.82, 2.24) is 5.32 Å². The quantitative estimate of drug-likeness (QED) is 0.767. The molecule has 1 aliphatic heterocycles. The number of nitrogens with zero attached hydrogens (tertiary/aromatic N) is 1. The van der Waals surface area contributed by atoms with Crippen LogP contribution in [0.2, 0.25) is 0 Å². The third-order valence-electron chi connectivity index (χ3n) is 3.60. The zero-order valence-corrected chi connectivity index (χ0v) is 10.8. The fraction of sp³-hybridized carbons (Fsp3) is 0.333. The lowest BCUT2D eigenvalue weighted by atomic mass is 9.92. The van der Waals surface area contributed by atoms with Gasteiger partial charge in [0.25, 0.3) is 0 Å². The normalized spacial score (nSPS) is 25.6. The smallest absolute Gasteiger partial charge is 0.227 e. The van der Waals surface area contributed by atoms with Crippen molar-refractivity contribution in [1.29, 1.82) is 5.26 Å². The highest BCUT2D eigenvalue weighted by molar-refractivity contribution is 5.90. The van der Waals surface area contributed by atoms with Gasteiger partial charge in [0.15, 0.2) is 0 Å². The lowest BCUT2D eigenvalue weighted by Gasteiger charge is -2.10. The summed E-state index contributed by atoms with van der Waals surface area (Å²) in [6.45, 7) is 5.87. The highest BCUT2D eigenvalue weighted by atomic mass is 16.2. The van der Waals surface area contributed by atoms with E-state index in [0.29, 0.717) is 5.57 Å². The maximum Gasteiger partial charge on any atom is 0.227 e. The van der Waals surface area contributed by atoms with Gasteiger partial charge in [-0.15, -0.1) is 0 Å². The molecule has 0 radical (unpaired) electrons. The molecule has 18 heavy (non-hydrogen) atoms. The number of amides is 1. The van der Waals surface area contributed by atoms with Crippen molar-refractivity contribution in [3.05, 3.63) is 41.1 Å². The molecule has 1 N–H and O–H groups in total. The SMILES string of the molecule is Cc1ccc(/C(C#N)=C2\NC(=O)C(C)C2C)cc1. The molecule has 1 aromatic carbocycles. The van der Waals surface area contributed by atoms with Crippen molar-refractivity contribution in [2.24, 2.45) is 11.8 Å². The summed E-state index contributed by atoms with van der Waals surface area (Å²) in [6.07, 6.45) is 0. The van der Waals surface area contributed by atoms with E-state index in [2.05, 4.69) is 11.4 Å². The van der Waals surface area contributed by atoms with Gasteiger partial charge in [0.1, 0.15) is 6.07 Å². The second-order valence-electron chi connectivity index (χ2n) is 4.83. The summed E-state index contributed by atoms with van der Waals surface area (Å²) >= 11 is 0. The second kappa shape index (κ2) is 4.66. The van der Waals surface area contributed by atoms with Crippen LogP contribution in [0.4, 0.5) is 0 Å². The highest BCUT2D eigenvalue weighted by Gasteiger charge is 2.34. The summed E-state index contributed by atoms with van der Waals surface area (Å²) in [4.78, 5) is 11.6. The molecular weight excluding hydrogens is 224 g/mol. The lowest BCUT2D eigenvalue weighted by molar-refractivity contribution is -0.122. The number of nitriles is 1. The minimum atomic E-state index is -0.0752. The molecule has 1 aromatic rings. The van der Waals surface area contributed by atoms with Crippen LogP contribution in [-0.4, -0.2) is 5.91 Å². The Labute approximate surface area is 107 Å². The van der Waals surface area contributed by atoms with E-state index in [4.69, 9.17) is 0 Å². The van der Waals surface area contributed by atoms with Gasteiger partial charge in [0.2, 0.25) is 5.91 Å². The van der Waals surface area contributed by atoms with Gasteiger partial charge in [-0.3, -0.25) is 4.79 Å². The van der Waals surface area contributed by atoms with Crippen molar-refractivity contribution in [3.63, 3.8) is 0 Å². The van der Waals surface area contributed by atoms with Gasteiger partial charge in [-0.1, -0.05) is 43.7 Å². The molecule has 1 aliphatic rings. The summed E-state index contributed by atoms with van der Waals surface area (Å²) in [5, 5.41) is 12.2. The summed E-state index contributed by atoms with van der Waals surface area (Å²) in [6, 6.07) is 10.00. The Kier molecular flexibility index (Phi) is 3.20. The Morgan fingerprint density at radius 3 is 2.28 bits per heavy atom. The maximum atomic E-state index is 11.6. The average molecular weight is 240 g/mol. The molecule has 2 rings (SSSR count). The lowest BCUT2D eigenvalue weighted by Crippen LogP contribution is -2.17. The molecular formula is C15H16N2O. The van der Waals surface area contributed by atoms with Crippen LogP contribution in [0.5, 0.6) is 0 Å². The minimum absolute atomic E-state index is 0.00244. The average Bonchev–Trinajstić information content (AvgIpc) is 2.61. The molecule has 92 valence electrons. The van der Waals surface area contributed by atoms with E-state index in [1.807, 2.05) is 45.0 Å².